The van der Waals surface area contributed by atoms with Crippen LogP contribution in [0.2, 0.25) is 0 Å². The van der Waals surface area contributed by atoms with Gasteiger partial charge in [-0.05, 0) is 65.2 Å². The van der Waals surface area contributed by atoms with Gasteiger partial charge in [0.2, 0.25) is 0 Å². The van der Waals surface area contributed by atoms with Gasteiger partial charge in [0.25, 0.3) is 0 Å². The molecule has 7 heteroatoms. The average Bonchev–Trinajstić information content (AvgIpc) is 3.42. The van der Waals surface area contributed by atoms with Gasteiger partial charge >= 0.3 is 5.97 Å². The van der Waals surface area contributed by atoms with Crippen molar-refractivity contribution >= 4 is 27.6 Å². The lowest BCUT2D eigenvalue weighted by atomic mass is 9.98. The predicted molar refractivity (Wildman–Crippen MR) is 119 cm³/mol. The van der Waals surface area contributed by atoms with E-state index in [0.717, 1.165) is 41.4 Å². The Labute approximate surface area is 187 Å². The van der Waals surface area contributed by atoms with Crippen molar-refractivity contribution in [2.24, 2.45) is 11.1 Å². The average molecular weight is 482 g/mol. The first kappa shape index (κ1) is 23.1. The summed E-state index contributed by atoms with van der Waals surface area (Å²) in [6.45, 7) is 10.00. The van der Waals surface area contributed by atoms with Gasteiger partial charge in [0, 0.05) is 22.6 Å². The zero-order valence-corrected chi connectivity index (χ0v) is 20.0. The number of benzene rings is 1. The summed E-state index contributed by atoms with van der Waals surface area (Å²) in [6, 6.07) is 5.64. The second kappa shape index (κ2) is 9.69. The van der Waals surface area contributed by atoms with Crippen LogP contribution < -0.4 is 4.74 Å². The van der Waals surface area contributed by atoms with Crippen molar-refractivity contribution in [2.45, 2.75) is 84.2 Å². The van der Waals surface area contributed by atoms with E-state index in [-0.39, 0.29) is 12.2 Å². The van der Waals surface area contributed by atoms with E-state index in [1.165, 1.54) is 0 Å². The van der Waals surface area contributed by atoms with Crippen molar-refractivity contribution in [1.29, 1.82) is 0 Å². The molecule has 0 spiro atoms. The Morgan fingerprint density at radius 2 is 2.07 bits per heavy atom. The zero-order chi connectivity index (χ0) is 21.9. The maximum Gasteiger partial charge on any atom is 0.347 e. The van der Waals surface area contributed by atoms with Gasteiger partial charge in [-0.2, -0.15) is 0 Å². The van der Waals surface area contributed by atoms with Gasteiger partial charge in [0.1, 0.15) is 23.2 Å². The first-order chi connectivity index (χ1) is 14.2. The lowest BCUT2D eigenvalue weighted by molar-refractivity contribution is -0.162. The molecule has 2 aliphatic rings. The largest absolute Gasteiger partial charge is 0.478 e. The molecule has 0 bridgehead atoms. The van der Waals surface area contributed by atoms with Gasteiger partial charge in [-0.1, -0.05) is 34.4 Å². The number of unbranched alkanes of at least 4 members (excludes halogenated alkanes) is 1. The minimum atomic E-state index is -0.759. The summed E-state index contributed by atoms with van der Waals surface area (Å²) in [5, 5.41) is 4.40. The van der Waals surface area contributed by atoms with Gasteiger partial charge < -0.3 is 19.0 Å². The number of hydrogen-bond donors (Lipinski definition) is 0. The van der Waals surface area contributed by atoms with Crippen LogP contribution in [0.1, 0.15) is 65.9 Å². The molecule has 0 radical (unpaired) electrons. The second-order valence-corrected chi connectivity index (χ2v) is 9.88. The highest BCUT2D eigenvalue weighted by Gasteiger charge is 2.46. The maximum absolute atomic E-state index is 12.4. The van der Waals surface area contributed by atoms with Crippen molar-refractivity contribution in [1.82, 2.24) is 0 Å². The molecule has 3 atom stereocenters. The van der Waals surface area contributed by atoms with Crippen LogP contribution in [0.3, 0.4) is 0 Å². The summed E-state index contributed by atoms with van der Waals surface area (Å²) >= 11 is 3.53. The van der Waals surface area contributed by atoms with E-state index in [0.29, 0.717) is 18.3 Å². The van der Waals surface area contributed by atoms with Gasteiger partial charge in [0.15, 0.2) is 12.2 Å². The molecule has 1 aliphatic heterocycles. The molecule has 6 nitrogen and oxygen atoms in total. The standard InChI is InChI=1S/C23H32BrNO5/c1-6-7-12-27-21-19(25-30-20(21)15-8-9-15)17-13-16(24)10-11-18(17)28-14(2)22(26)29-23(3,4)5/h10-11,13-15,20-21H,6-9,12H2,1-5H3/t14-,20-,21-/m0/s1. The molecule has 1 aliphatic carbocycles. The summed E-state index contributed by atoms with van der Waals surface area (Å²) in [6.07, 6.45) is 3.26. The fraction of sp³-hybridized carbons (Fsp3) is 0.652. The third-order valence-electron chi connectivity index (χ3n) is 4.98. The van der Waals surface area contributed by atoms with E-state index in [4.69, 9.17) is 19.0 Å². The van der Waals surface area contributed by atoms with Crippen molar-refractivity contribution in [2.75, 3.05) is 6.61 Å². The Kier molecular flexibility index (Phi) is 7.45. The number of carbonyl (C=O) groups is 1. The van der Waals surface area contributed by atoms with Crippen LogP contribution in [-0.4, -0.2) is 42.2 Å². The smallest absolute Gasteiger partial charge is 0.347 e. The zero-order valence-electron chi connectivity index (χ0n) is 18.4. The molecule has 166 valence electrons. The molecule has 0 amide bonds. The Morgan fingerprint density at radius 3 is 2.70 bits per heavy atom. The number of esters is 1. The second-order valence-electron chi connectivity index (χ2n) is 8.96. The Balaban J connectivity index is 1.82. The minimum Gasteiger partial charge on any atom is -0.478 e. The van der Waals surface area contributed by atoms with Gasteiger partial charge in [-0.3, -0.25) is 0 Å². The number of rotatable bonds is 9. The number of halogens is 1. The summed E-state index contributed by atoms with van der Waals surface area (Å²) in [5.41, 5.74) is 0.913. The number of carbonyl (C=O) groups excluding carboxylic acids is 1. The van der Waals surface area contributed by atoms with Crippen molar-refractivity contribution in [3.63, 3.8) is 0 Å². The summed E-state index contributed by atoms with van der Waals surface area (Å²) in [5.74, 6) is 0.627. The van der Waals surface area contributed by atoms with Gasteiger partial charge in [-0.25, -0.2) is 4.79 Å². The van der Waals surface area contributed by atoms with Crippen LogP contribution in [0.25, 0.3) is 0 Å². The minimum absolute atomic E-state index is 0.0630. The highest BCUT2D eigenvalue weighted by Crippen LogP contribution is 2.41. The van der Waals surface area contributed by atoms with Crippen LogP contribution in [0, 0.1) is 5.92 Å². The number of hydrogen-bond acceptors (Lipinski definition) is 6. The molecule has 1 saturated carbocycles. The summed E-state index contributed by atoms with van der Waals surface area (Å²) in [7, 11) is 0. The first-order valence-electron chi connectivity index (χ1n) is 10.7. The molecule has 1 fully saturated rings. The van der Waals surface area contributed by atoms with Crippen LogP contribution >= 0.6 is 15.9 Å². The Bertz CT molecular complexity index is 784. The van der Waals surface area contributed by atoms with E-state index >= 15 is 0 Å². The molecular weight excluding hydrogens is 450 g/mol. The summed E-state index contributed by atoms with van der Waals surface area (Å²) in [4.78, 5) is 18.2. The van der Waals surface area contributed by atoms with E-state index in [2.05, 4.69) is 28.0 Å². The molecule has 0 aromatic heterocycles. The molecule has 1 heterocycles. The highest BCUT2D eigenvalue weighted by molar-refractivity contribution is 9.10. The predicted octanol–water partition coefficient (Wildman–Crippen LogP) is 5.26. The third-order valence-corrected chi connectivity index (χ3v) is 5.48. The van der Waals surface area contributed by atoms with Crippen LogP contribution in [0.4, 0.5) is 0 Å². The highest BCUT2D eigenvalue weighted by atomic mass is 79.9. The Hall–Kier alpha value is -1.60. The fourth-order valence-corrected chi connectivity index (χ4v) is 3.66. The molecule has 0 unspecified atom stereocenters. The summed E-state index contributed by atoms with van der Waals surface area (Å²) < 4.78 is 18.6. The quantitative estimate of drug-likeness (QED) is 0.355. The lowest BCUT2D eigenvalue weighted by Gasteiger charge is -2.24. The third kappa shape index (κ3) is 5.97. The van der Waals surface area contributed by atoms with Crippen molar-refractivity contribution in [3.8, 4) is 5.75 Å². The van der Waals surface area contributed by atoms with Crippen molar-refractivity contribution in [3.05, 3.63) is 28.2 Å². The van der Waals surface area contributed by atoms with Gasteiger partial charge in [-0.15, -0.1) is 0 Å². The normalized spacial score (nSPS) is 22.3. The topological polar surface area (TPSA) is 66.4 Å². The molecule has 1 aromatic carbocycles. The van der Waals surface area contributed by atoms with E-state index < -0.39 is 17.7 Å². The number of ether oxygens (including phenoxy) is 3. The van der Waals surface area contributed by atoms with Crippen LogP contribution in [0.5, 0.6) is 5.75 Å². The van der Waals surface area contributed by atoms with E-state index in [9.17, 15) is 4.79 Å². The SMILES string of the molecule is CCCCO[C@H]1C(c2cc(Br)ccc2O[C@@H](C)C(=O)OC(C)(C)C)=NO[C@H]1C1CC1. The van der Waals surface area contributed by atoms with Crippen molar-refractivity contribution < 1.29 is 23.8 Å². The number of oxime groups is 1. The first-order valence-corrected chi connectivity index (χ1v) is 11.5. The van der Waals surface area contributed by atoms with E-state index in [1.807, 2.05) is 39.0 Å². The van der Waals surface area contributed by atoms with Crippen LogP contribution in [0.15, 0.2) is 27.8 Å². The molecule has 3 rings (SSSR count). The van der Waals surface area contributed by atoms with E-state index in [1.54, 1.807) is 6.92 Å². The van der Waals surface area contributed by atoms with Crippen LogP contribution in [-0.2, 0) is 19.1 Å². The molecule has 0 saturated heterocycles. The molecule has 1 aromatic rings. The Morgan fingerprint density at radius 1 is 1.33 bits per heavy atom. The molecule has 0 N–H and O–H groups in total. The monoisotopic (exact) mass is 481 g/mol. The fourth-order valence-electron chi connectivity index (χ4n) is 3.30. The molecule has 30 heavy (non-hydrogen) atoms. The number of nitrogens with zero attached hydrogens (tertiary/aromatic N) is 1. The van der Waals surface area contributed by atoms with Gasteiger partial charge in [0.05, 0.1) is 0 Å². The maximum atomic E-state index is 12.4. The molecular formula is C23H32BrNO5. The lowest BCUT2D eigenvalue weighted by Crippen LogP contribution is -2.36.